The van der Waals surface area contributed by atoms with E-state index in [2.05, 4.69) is 28.1 Å². The Morgan fingerprint density at radius 3 is 1.97 bits per heavy atom. The van der Waals surface area contributed by atoms with Gasteiger partial charge in [0.2, 0.25) is 17.7 Å². The van der Waals surface area contributed by atoms with Gasteiger partial charge >= 0.3 is 24.1 Å². The van der Waals surface area contributed by atoms with Gasteiger partial charge in [0.15, 0.2) is 0 Å². The van der Waals surface area contributed by atoms with Gasteiger partial charge in [0, 0.05) is 32.4 Å². The van der Waals surface area contributed by atoms with Crippen LogP contribution >= 0.6 is 0 Å². The number of carboxylic acid groups (broad SMARTS) is 1. The Labute approximate surface area is 462 Å². The van der Waals surface area contributed by atoms with Crippen molar-refractivity contribution in [2.75, 3.05) is 33.9 Å². The zero-order chi connectivity index (χ0) is 57.2. The van der Waals surface area contributed by atoms with E-state index in [-0.39, 0.29) is 50.9 Å². The highest BCUT2D eigenvalue weighted by Gasteiger charge is 2.46. The van der Waals surface area contributed by atoms with Crippen LogP contribution in [0.5, 0.6) is 5.75 Å². The number of rotatable bonds is 20. The quantitative estimate of drug-likeness (QED) is 0.0327. The van der Waals surface area contributed by atoms with Crippen LogP contribution in [-0.4, -0.2) is 126 Å². The first kappa shape index (κ1) is 58.5. The van der Waals surface area contributed by atoms with Crippen LogP contribution in [0.4, 0.5) is 9.59 Å². The number of ether oxygens (including phenoxy) is 4. The fraction of sp³-hybridized carbons (Fsp3) is 0.403. The third kappa shape index (κ3) is 15.1. The second-order valence-electron chi connectivity index (χ2n) is 22.4. The highest BCUT2D eigenvalue weighted by atomic mass is 16.6. The Morgan fingerprint density at radius 1 is 0.747 bits per heavy atom. The van der Waals surface area contributed by atoms with Crippen LogP contribution in [0, 0.1) is 11.3 Å². The van der Waals surface area contributed by atoms with Gasteiger partial charge in [-0.1, -0.05) is 136 Å². The zero-order valence-corrected chi connectivity index (χ0v) is 46.4. The fourth-order valence-corrected chi connectivity index (χ4v) is 9.98. The number of alkyl carbamates (subject to hydrolysis) is 1. The monoisotopic (exact) mass is 1080 g/mol. The molecule has 1 aliphatic carbocycles. The van der Waals surface area contributed by atoms with Gasteiger partial charge < -0.3 is 44.9 Å². The van der Waals surface area contributed by atoms with Crippen molar-refractivity contribution in [3.8, 4) is 16.9 Å². The molecule has 17 nitrogen and oxygen atoms in total. The highest BCUT2D eigenvalue weighted by molar-refractivity contribution is 5.96. The standard InChI is InChI=1S/C62H73N5O12/c1-38(66(8)60(75)79-62(5,6)7)54(68)65-53(61(2,3)4)56(70)67-36-41(35-52(67)55(69)63-50(57(71)72)34-40-25-28-42-19-10-11-20-43(42)32-40)18-16-17-31-77-44-29-26-39(27-30-44)33-51(58(73)76-9)64-59(74)78-37-49-47-23-14-12-21-45(47)46-22-13-15-24-48(46)49/h10-17,19-30,32,38,41,49-53H,18,31,33-37H2,1-9H3,(H,63,69)(H,64,74)(H,65,68)(H,71,72)/t38?,41-,50?,51?,52-,53?/m0/s1. The molecule has 6 atom stereocenters. The molecule has 0 saturated carbocycles. The summed E-state index contributed by atoms with van der Waals surface area (Å²) in [4.78, 5) is 97.1. The molecule has 2 aliphatic rings. The third-order valence-corrected chi connectivity index (χ3v) is 14.4. The largest absolute Gasteiger partial charge is 0.490 e. The van der Waals surface area contributed by atoms with Crippen molar-refractivity contribution < 1.29 is 57.6 Å². The van der Waals surface area contributed by atoms with Gasteiger partial charge in [-0.15, -0.1) is 0 Å². The molecule has 5 aromatic carbocycles. The summed E-state index contributed by atoms with van der Waals surface area (Å²) in [6, 6.07) is 30.8. The topological polar surface area (TPSA) is 219 Å². The summed E-state index contributed by atoms with van der Waals surface area (Å²) in [6.45, 7) is 12.4. The van der Waals surface area contributed by atoms with Gasteiger partial charge in [0.1, 0.15) is 54.8 Å². The molecule has 17 heteroatoms. The molecule has 0 bridgehead atoms. The molecular formula is C62H73N5O12. The number of carboxylic acids is 1. The normalized spacial score (nSPS) is 16.6. The molecule has 5 aromatic rings. The molecule has 418 valence electrons. The van der Waals surface area contributed by atoms with E-state index >= 15 is 0 Å². The number of benzene rings is 5. The molecule has 0 radical (unpaired) electrons. The van der Waals surface area contributed by atoms with E-state index in [9.17, 15) is 38.7 Å². The average molecular weight is 1080 g/mol. The van der Waals surface area contributed by atoms with Gasteiger partial charge in [-0.2, -0.15) is 0 Å². The number of likely N-dealkylation sites (N-methyl/N-ethyl adjacent to an activating group) is 1. The van der Waals surface area contributed by atoms with Gasteiger partial charge in [-0.3, -0.25) is 19.3 Å². The Morgan fingerprint density at radius 2 is 1.35 bits per heavy atom. The Kier molecular flexibility index (Phi) is 18.9. The number of nitrogens with one attached hydrogen (secondary N) is 3. The Balaban J connectivity index is 0.977. The minimum absolute atomic E-state index is 0.0000686. The van der Waals surface area contributed by atoms with Crippen LogP contribution in [0.1, 0.15) is 89.5 Å². The van der Waals surface area contributed by atoms with E-state index in [1.54, 1.807) is 65.8 Å². The zero-order valence-electron chi connectivity index (χ0n) is 46.4. The van der Waals surface area contributed by atoms with Crippen molar-refractivity contribution in [1.82, 2.24) is 25.8 Å². The summed E-state index contributed by atoms with van der Waals surface area (Å²) in [5.41, 5.74) is 4.11. The molecule has 79 heavy (non-hydrogen) atoms. The molecular weight excluding hydrogens is 1010 g/mol. The van der Waals surface area contributed by atoms with E-state index in [1.165, 1.54) is 26.0 Å². The van der Waals surface area contributed by atoms with Crippen LogP contribution in [-0.2, 0) is 51.0 Å². The van der Waals surface area contributed by atoms with Crippen molar-refractivity contribution in [2.24, 2.45) is 11.3 Å². The maximum atomic E-state index is 14.8. The van der Waals surface area contributed by atoms with E-state index < -0.39 is 83.1 Å². The van der Waals surface area contributed by atoms with E-state index in [0.717, 1.165) is 43.5 Å². The number of amides is 5. The third-order valence-electron chi connectivity index (χ3n) is 14.4. The van der Waals surface area contributed by atoms with E-state index in [0.29, 0.717) is 17.7 Å². The van der Waals surface area contributed by atoms with E-state index in [1.807, 2.05) is 91.0 Å². The lowest BCUT2D eigenvalue weighted by Gasteiger charge is -2.37. The van der Waals surface area contributed by atoms with Gasteiger partial charge in [0.05, 0.1) is 7.11 Å². The Hall–Kier alpha value is -8.21. The minimum atomic E-state index is -1.31. The summed E-state index contributed by atoms with van der Waals surface area (Å²) < 4.78 is 22.2. The van der Waals surface area contributed by atoms with Crippen molar-refractivity contribution >= 4 is 52.6 Å². The lowest BCUT2D eigenvalue weighted by atomic mass is 9.85. The molecule has 1 heterocycles. The number of allylic oxidation sites excluding steroid dienone is 1. The first-order valence-electron chi connectivity index (χ1n) is 26.6. The molecule has 1 aliphatic heterocycles. The lowest BCUT2D eigenvalue weighted by Crippen LogP contribution is -2.60. The number of carbonyl (C=O) groups excluding carboxylic acids is 6. The fourth-order valence-electron chi connectivity index (χ4n) is 9.98. The van der Waals surface area contributed by atoms with Crippen molar-refractivity contribution in [1.29, 1.82) is 0 Å². The Bertz CT molecular complexity index is 3010. The van der Waals surface area contributed by atoms with Crippen molar-refractivity contribution in [2.45, 2.75) is 116 Å². The maximum absolute atomic E-state index is 14.8. The molecule has 1 saturated heterocycles. The van der Waals surface area contributed by atoms with Gasteiger partial charge in [-0.05, 0) is 108 Å². The van der Waals surface area contributed by atoms with Crippen molar-refractivity contribution in [3.05, 3.63) is 150 Å². The van der Waals surface area contributed by atoms with Crippen molar-refractivity contribution in [3.63, 3.8) is 0 Å². The summed E-state index contributed by atoms with van der Waals surface area (Å²) in [5.74, 6) is -3.47. The second kappa shape index (κ2) is 25.5. The van der Waals surface area contributed by atoms with Gasteiger partial charge in [-0.25, -0.2) is 19.2 Å². The smallest absolute Gasteiger partial charge is 0.410 e. The first-order valence-corrected chi connectivity index (χ1v) is 26.6. The second-order valence-corrected chi connectivity index (χ2v) is 22.4. The predicted molar refractivity (Wildman–Crippen MR) is 299 cm³/mol. The molecule has 0 aromatic heterocycles. The molecule has 7 rings (SSSR count). The number of aliphatic carboxylic acids is 1. The number of fused-ring (bicyclic) bond motifs is 4. The lowest BCUT2D eigenvalue weighted by molar-refractivity contribution is -0.146. The predicted octanol–water partition coefficient (Wildman–Crippen LogP) is 8.60. The summed E-state index contributed by atoms with van der Waals surface area (Å²) in [7, 11) is 2.69. The number of carbonyl (C=O) groups is 7. The highest BCUT2D eigenvalue weighted by Crippen LogP contribution is 2.44. The SMILES string of the molecule is COC(=O)C(Cc1ccc(OCC=CC[C@H]2C[C@@H](C(=O)NC(Cc3ccc4ccccc4c3)C(=O)O)N(C(=O)C(NC(=O)C(C)N(C)C(=O)OC(C)(C)C)C(C)(C)C)C2)cc1)NC(=O)OCC1c2ccccc2-c2ccccc21. The molecule has 0 spiro atoms. The number of methoxy groups -OCH3 is 1. The van der Waals surface area contributed by atoms with Gasteiger partial charge in [0.25, 0.3) is 0 Å². The minimum Gasteiger partial charge on any atom is -0.490 e. The summed E-state index contributed by atoms with van der Waals surface area (Å²) >= 11 is 0. The molecule has 5 amide bonds. The number of hydrogen-bond donors (Lipinski definition) is 4. The molecule has 1 fully saturated rings. The summed E-state index contributed by atoms with van der Waals surface area (Å²) in [5, 5.41) is 20.5. The number of likely N-dealkylation sites (tertiary alicyclic amines) is 1. The first-order chi connectivity index (χ1) is 37.5. The summed E-state index contributed by atoms with van der Waals surface area (Å²) in [6.07, 6.45) is 3.03. The maximum Gasteiger partial charge on any atom is 0.410 e. The molecule has 4 unspecified atom stereocenters. The average Bonchev–Trinajstić information content (AvgIpc) is 4.09. The van der Waals surface area contributed by atoms with Crippen LogP contribution in [0.15, 0.2) is 127 Å². The van der Waals surface area contributed by atoms with E-state index in [4.69, 9.17) is 18.9 Å². The van der Waals surface area contributed by atoms with Crippen LogP contribution in [0.3, 0.4) is 0 Å². The number of hydrogen-bond acceptors (Lipinski definition) is 11. The number of esters is 1. The van der Waals surface area contributed by atoms with Crippen LogP contribution < -0.4 is 20.7 Å². The number of nitrogens with zero attached hydrogens (tertiary/aromatic N) is 2. The van der Waals surface area contributed by atoms with Crippen LogP contribution in [0.25, 0.3) is 21.9 Å². The molecule has 4 N–H and O–H groups in total. The van der Waals surface area contributed by atoms with Crippen LogP contribution in [0.2, 0.25) is 0 Å².